The van der Waals surface area contributed by atoms with Crippen molar-refractivity contribution < 1.29 is 4.79 Å². The molecule has 0 radical (unpaired) electrons. The molecule has 0 atom stereocenters. The molecule has 1 aliphatic rings. The van der Waals surface area contributed by atoms with E-state index in [1.54, 1.807) is 23.5 Å². The van der Waals surface area contributed by atoms with E-state index < -0.39 is 0 Å². The Morgan fingerprint density at radius 1 is 1.00 bits per heavy atom. The maximum Gasteiger partial charge on any atom is 0.282 e. The fourth-order valence-corrected chi connectivity index (χ4v) is 4.14. The van der Waals surface area contributed by atoms with Crippen molar-refractivity contribution >= 4 is 56.8 Å². The van der Waals surface area contributed by atoms with Crippen molar-refractivity contribution in [1.82, 2.24) is 0 Å². The van der Waals surface area contributed by atoms with Crippen LogP contribution in [-0.2, 0) is 4.79 Å². The van der Waals surface area contributed by atoms with Crippen LogP contribution in [0.2, 0.25) is 0 Å². The third-order valence-electron chi connectivity index (χ3n) is 3.54. The molecular formula is C18H15BrN2OS2. The van der Waals surface area contributed by atoms with E-state index in [0.29, 0.717) is 5.57 Å². The molecule has 1 amide bonds. The zero-order valence-electron chi connectivity index (χ0n) is 13.2. The quantitative estimate of drug-likeness (QED) is 0.644. The Bertz CT molecular complexity index is 811. The summed E-state index contributed by atoms with van der Waals surface area (Å²) in [6.07, 6.45) is 3.97. The maximum absolute atomic E-state index is 13.0. The number of benzene rings is 2. The van der Waals surface area contributed by atoms with Gasteiger partial charge in [-0.15, -0.1) is 23.5 Å². The summed E-state index contributed by atoms with van der Waals surface area (Å²) >= 11 is 6.60. The lowest BCUT2D eigenvalue weighted by Gasteiger charge is -2.11. The zero-order valence-corrected chi connectivity index (χ0v) is 16.4. The van der Waals surface area contributed by atoms with Gasteiger partial charge in [-0.1, -0.05) is 46.3 Å². The van der Waals surface area contributed by atoms with Crippen molar-refractivity contribution in [2.45, 2.75) is 0 Å². The lowest BCUT2D eigenvalue weighted by Crippen LogP contribution is -2.21. The molecule has 2 aromatic carbocycles. The molecule has 0 bridgehead atoms. The number of carbonyl (C=O) groups excluding carboxylic acids is 1. The van der Waals surface area contributed by atoms with Gasteiger partial charge in [0.15, 0.2) is 0 Å². The number of thioether (sulfide) groups is 2. The number of hydrogen-bond donors (Lipinski definition) is 0. The van der Waals surface area contributed by atoms with Crippen molar-refractivity contribution in [1.29, 1.82) is 0 Å². The minimum atomic E-state index is -0.0854. The van der Waals surface area contributed by atoms with Crippen LogP contribution in [0.4, 0.5) is 5.69 Å². The van der Waals surface area contributed by atoms with E-state index in [-0.39, 0.29) is 5.91 Å². The fraction of sp³-hybridized carbons (Fsp3) is 0.111. The van der Waals surface area contributed by atoms with E-state index in [0.717, 1.165) is 25.7 Å². The van der Waals surface area contributed by atoms with Crippen molar-refractivity contribution in [3.05, 3.63) is 74.4 Å². The first-order valence-electron chi connectivity index (χ1n) is 7.22. The SMILES string of the molecule is CSC(SC)=C1C(=O)N(c2ccccc2)N=C1c1ccc(Br)cc1. The highest BCUT2D eigenvalue weighted by Gasteiger charge is 2.34. The summed E-state index contributed by atoms with van der Waals surface area (Å²) in [6.45, 7) is 0. The Balaban J connectivity index is 2.15. The molecule has 122 valence electrons. The molecule has 0 spiro atoms. The molecule has 24 heavy (non-hydrogen) atoms. The van der Waals surface area contributed by atoms with Crippen LogP contribution in [0.25, 0.3) is 0 Å². The van der Waals surface area contributed by atoms with E-state index >= 15 is 0 Å². The molecule has 6 heteroatoms. The Hall–Kier alpha value is -1.50. The molecule has 3 nitrogen and oxygen atoms in total. The number of para-hydroxylation sites is 1. The highest BCUT2D eigenvalue weighted by molar-refractivity contribution is 9.10. The van der Waals surface area contributed by atoms with E-state index in [9.17, 15) is 4.79 Å². The number of anilines is 1. The summed E-state index contributed by atoms with van der Waals surface area (Å²) in [4.78, 5) is 13.0. The van der Waals surface area contributed by atoms with Gasteiger partial charge < -0.3 is 0 Å². The van der Waals surface area contributed by atoms with Gasteiger partial charge in [-0.05, 0) is 36.8 Å². The van der Waals surface area contributed by atoms with Gasteiger partial charge in [-0.25, -0.2) is 0 Å². The first-order chi connectivity index (χ1) is 11.7. The second kappa shape index (κ2) is 7.59. The van der Waals surface area contributed by atoms with Crippen LogP contribution in [0.5, 0.6) is 0 Å². The van der Waals surface area contributed by atoms with Gasteiger partial charge in [0.05, 0.1) is 15.5 Å². The normalized spacial score (nSPS) is 14.1. The summed E-state index contributed by atoms with van der Waals surface area (Å²) in [5, 5.41) is 6.12. The lowest BCUT2D eigenvalue weighted by atomic mass is 10.0. The van der Waals surface area contributed by atoms with E-state index in [1.165, 1.54) is 5.01 Å². The summed E-state index contributed by atoms with van der Waals surface area (Å²) in [5.41, 5.74) is 3.09. The third-order valence-corrected chi connectivity index (χ3v) is 6.21. The predicted molar refractivity (Wildman–Crippen MR) is 109 cm³/mol. The van der Waals surface area contributed by atoms with Gasteiger partial charge in [0, 0.05) is 10.0 Å². The first-order valence-corrected chi connectivity index (χ1v) is 10.5. The minimum Gasteiger partial charge on any atom is -0.267 e. The molecule has 3 rings (SSSR count). The smallest absolute Gasteiger partial charge is 0.267 e. The largest absolute Gasteiger partial charge is 0.282 e. The van der Waals surface area contributed by atoms with Gasteiger partial charge in [0.25, 0.3) is 5.91 Å². The van der Waals surface area contributed by atoms with Crippen LogP contribution in [0.1, 0.15) is 5.56 Å². The number of hydrogen-bond acceptors (Lipinski definition) is 4. The zero-order chi connectivity index (χ0) is 17.1. The van der Waals surface area contributed by atoms with Crippen molar-refractivity contribution in [3.8, 4) is 0 Å². The van der Waals surface area contributed by atoms with Gasteiger partial charge >= 0.3 is 0 Å². The standard InChI is InChI=1S/C18H15BrN2OS2/c1-23-18(24-2)15-16(12-8-10-13(19)11-9-12)20-21(17(15)22)14-6-4-3-5-7-14/h3-11H,1-2H3. The molecule has 0 saturated heterocycles. The van der Waals surface area contributed by atoms with E-state index in [1.807, 2.05) is 67.1 Å². The average Bonchev–Trinajstić information content (AvgIpc) is 2.95. The Labute approximate surface area is 158 Å². The summed E-state index contributed by atoms with van der Waals surface area (Å²) in [6, 6.07) is 17.4. The van der Waals surface area contributed by atoms with Gasteiger partial charge in [0.2, 0.25) is 0 Å². The number of nitrogens with zero attached hydrogens (tertiary/aromatic N) is 2. The van der Waals surface area contributed by atoms with Gasteiger partial charge in [0.1, 0.15) is 5.71 Å². The van der Waals surface area contributed by atoms with Crippen LogP contribution in [0.15, 0.2) is 74.0 Å². The second-order valence-corrected chi connectivity index (χ2v) is 7.79. The minimum absolute atomic E-state index is 0.0854. The maximum atomic E-state index is 13.0. The summed E-state index contributed by atoms with van der Waals surface area (Å²) in [7, 11) is 0. The Morgan fingerprint density at radius 3 is 2.21 bits per heavy atom. The topological polar surface area (TPSA) is 32.7 Å². The molecule has 0 unspecified atom stereocenters. The number of halogens is 1. The van der Waals surface area contributed by atoms with Crippen LogP contribution in [-0.4, -0.2) is 24.1 Å². The number of hydrazone groups is 1. The van der Waals surface area contributed by atoms with Crippen LogP contribution >= 0.6 is 39.5 Å². The van der Waals surface area contributed by atoms with Crippen molar-refractivity contribution in [2.75, 3.05) is 17.5 Å². The third kappa shape index (κ3) is 3.31. The van der Waals surface area contributed by atoms with E-state index in [4.69, 9.17) is 0 Å². The molecule has 1 heterocycles. The predicted octanol–water partition coefficient (Wildman–Crippen LogP) is 5.14. The fourth-order valence-electron chi connectivity index (χ4n) is 2.43. The Kier molecular flexibility index (Phi) is 5.48. The van der Waals surface area contributed by atoms with Gasteiger partial charge in [-0.2, -0.15) is 10.1 Å². The highest BCUT2D eigenvalue weighted by Crippen LogP contribution is 2.35. The molecule has 0 aromatic heterocycles. The molecule has 0 fully saturated rings. The van der Waals surface area contributed by atoms with Crippen LogP contribution < -0.4 is 5.01 Å². The highest BCUT2D eigenvalue weighted by atomic mass is 79.9. The van der Waals surface area contributed by atoms with Crippen LogP contribution in [0, 0.1) is 0 Å². The van der Waals surface area contributed by atoms with E-state index in [2.05, 4.69) is 21.0 Å². The van der Waals surface area contributed by atoms with Gasteiger partial charge in [-0.3, -0.25) is 4.79 Å². The Morgan fingerprint density at radius 2 is 1.62 bits per heavy atom. The molecule has 0 aliphatic carbocycles. The van der Waals surface area contributed by atoms with Crippen LogP contribution in [0.3, 0.4) is 0 Å². The molecular weight excluding hydrogens is 404 g/mol. The molecule has 0 saturated carbocycles. The second-order valence-electron chi connectivity index (χ2n) is 4.98. The first kappa shape index (κ1) is 17.3. The molecule has 2 aromatic rings. The number of amides is 1. The average molecular weight is 419 g/mol. The summed E-state index contributed by atoms with van der Waals surface area (Å²) < 4.78 is 1.97. The van der Waals surface area contributed by atoms with Crippen molar-refractivity contribution in [3.63, 3.8) is 0 Å². The number of rotatable bonds is 4. The number of carbonyl (C=O) groups is 1. The van der Waals surface area contributed by atoms with Crippen molar-refractivity contribution in [2.24, 2.45) is 5.10 Å². The lowest BCUT2D eigenvalue weighted by molar-refractivity contribution is -0.114. The monoisotopic (exact) mass is 418 g/mol. The molecule has 1 aliphatic heterocycles. The summed E-state index contributed by atoms with van der Waals surface area (Å²) in [5.74, 6) is -0.0854. The molecule has 0 N–H and O–H groups in total.